The van der Waals surface area contributed by atoms with Crippen molar-refractivity contribution in [2.24, 2.45) is 0 Å². The second-order valence-corrected chi connectivity index (χ2v) is 6.73. The maximum Gasteiger partial charge on any atom is 0.0872 e. The molecule has 0 aliphatic heterocycles. The third-order valence-corrected chi connectivity index (χ3v) is 5.36. The van der Waals surface area contributed by atoms with Crippen LogP contribution in [0.2, 0.25) is 0 Å². The van der Waals surface area contributed by atoms with E-state index in [-0.39, 0.29) is 5.60 Å². The van der Waals surface area contributed by atoms with E-state index in [9.17, 15) is 0 Å². The molecule has 1 aliphatic carbocycles. The van der Waals surface area contributed by atoms with Gasteiger partial charge in [-0.05, 0) is 43.3 Å². The highest BCUT2D eigenvalue weighted by atomic mass is 32.1. The summed E-state index contributed by atoms with van der Waals surface area (Å²) in [5, 5.41) is 5.90. The summed E-state index contributed by atoms with van der Waals surface area (Å²) in [4.78, 5) is 1.42. The molecule has 1 heterocycles. The van der Waals surface area contributed by atoms with Crippen LogP contribution in [0, 0.1) is 6.92 Å². The first-order valence-corrected chi connectivity index (χ1v) is 8.44. The molecule has 0 aromatic carbocycles. The van der Waals surface area contributed by atoms with Gasteiger partial charge >= 0.3 is 0 Å². The van der Waals surface area contributed by atoms with Gasteiger partial charge in [0.1, 0.15) is 0 Å². The highest BCUT2D eigenvalue weighted by Crippen LogP contribution is 2.41. The standard InChI is InChI=1S/C16H27NOS/c1-4-17-15(14-9-12-19-13(14)2)16(18-3)10-7-5-6-8-11-16/h9,12,15,17H,4-8,10-11H2,1-3H3. The summed E-state index contributed by atoms with van der Waals surface area (Å²) >= 11 is 1.84. The third-order valence-electron chi connectivity index (χ3n) is 4.50. The van der Waals surface area contributed by atoms with Gasteiger partial charge < -0.3 is 10.1 Å². The van der Waals surface area contributed by atoms with Crippen molar-refractivity contribution in [3.05, 3.63) is 21.9 Å². The normalized spacial score (nSPS) is 21.0. The van der Waals surface area contributed by atoms with Crippen LogP contribution < -0.4 is 5.32 Å². The Morgan fingerprint density at radius 2 is 2.00 bits per heavy atom. The summed E-state index contributed by atoms with van der Waals surface area (Å²) in [5.74, 6) is 0. The van der Waals surface area contributed by atoms with Gasteiger partial charge in [0.25, 0.3) is 0 Å². The molecule has 1 atom stereocenters. The molecule has 2 nitrogen and oxygen atoms in total. The van der Waals surface area contributed by atoms with E-state index >= 15 is 0 Å². The minimum atomic E-state index is -0.0155. The Kier molecular flexibility index (Phi) is 5.43. The lowest BCUT2D eigenvalue weighted by Gasteiger charge is -2.40. The average Bonchev–Trinajstić information content (AvgIpc) is 2.70. The van der Waals surface area contributed by atoms with E-state index in [1.807, 2.05) is 18.4 Å². The molecule has 0 amide bonds. The molecule has 0 saturated heterocycles. The molecule has 1 aromatic heterocycles. The molecule has 1 N–H and O–H groups in total. The second-order valence-electron chi connectivity index (χ2n) is 5.61. The van der Waals surface area contributed by atoms with Crippen molar-refractivity contribution in [1.82, 2.24) is 5.32 Å². The van der Waals surface area contributed by atoms with Gasteiger partial charge in [0.05, 0.1) is 11.6 Å². The molecule has 108 valence electrons. The first kappa shape index (κ1) is 15.0. The summed E-state index contributed by atoms with van der Waals surface area (Å²) in [7, 11) is 1.90. The Balaban J connectivity index is 2.31. The second kappa shape index (κ2) is 6.87. The van der Waals surface area contributed by atoms with Crippen molar-refractivity contribution in [3.63, 3.8) is 0 Å². The van der Waals surface area contributed by atoms with E-state index in [4.69, 9.17) is 4.74 Å². The summed E-state index contributed by atoms with van der Waals surface area (Å²) in [6.07, 6.45) is 7.64. The molecule has 2 rings (SSSR count). The van der Waals surface area contributed by atoms with Gasteiger partial charge in [-0.25, -0.2) is 0 Å². The Hall–Kier alpha value is -0.380. The highest BCUT2D eigenvalue weighted by molar-refractivity contribution is 7.10. The van der Waals surface area contributed by atoms with E-state index in [0.717, 1.165) is 6.54 Å². The average molecular weight is 281 g/mol. The lowest BCUT2D eigenvalue weighted by atomic mass is 9.82. The summed E-state index contributed by atoms with van der Waals surface area (Å²) < 4.78 is 6.09. The number of nitrogens with one attached hydrogen (secondary N) is 1. The minimum Gasteiger partial charge on any atom is -0.376 e. The van der Waals surface area contributed by atoms with Gasteiger partial charge in [0.2, 0.25) is 0 Å². The zero-order valence-electron chi connectivity index (χ0n) is 12.5. The van der Waals surface area contributed by atoms with E-state index in [0.29, 0.717) is 6.04 Å². The first-order chi connectivity index (χ1) is 9.23. The SMILES string of the molecule is CCNC(c1ccsc1C)C1(OC)CCCCCC1. The van der Waals surface area contributed by atoms with Crippen molar-refractivity contribution in [1.29, 1.82) is 0 Å². The monoisotopic (exact) mass is 281 g/mol. The number of likely N-dealkylation sites (N-methyl/N-ethyl adjacent to an activating group) is 1. The lowest BCUT2D eigenvalue weighted by molar-refractivity contribution is -0.0537. The summed E-state index contributed by atoms with van der Waals surface area (Å²) in [6.45, 7) is 5.41. The van der Waals surface area contributed by atoms with E-state index in [1.54, 1.807) is 0 Å². The highest BCUT2D eigenvalue weighted by Gasteiger charge is 2.40. The zero-order chi connectivity index (χ0) is 13.7. The molecule has 1 unspecified atom stereocenters. The number of ether oxygens (including phenoxy) is 1. The predicted molar refractivity (Wildman–Crippen MR) is 82.9 cm³/mol. The van der Waals surface area contributed by atoms with Crippen molar-refractivity contribution in [2.45, 2.75) is 64.0 Å². The maximum atomic E-state index is 6.09. The van der Waals surface area contributed by atoms with Gasteiger partial charge in [-0.1, -0.05) is 32.6 Å². The molecule has 3 heteroatoms. The fourth-order valence-electron chi connectivity index (χ4n) is 3.42. The van der Waals surface area contributed by atoms with Gasteiger partial charge in [-0.2, -0.15) is 0 Å². The number of rotatable bonds is 5. The van der Waals surface area contributed by atoms with Crippen LogP contribution in [0.15, 0.2) is 11.4 Å². The molecule has 1 saturated carbocycles. The van der Waals surface area contributed by atoms with Crippen LogP contribution in [-0.4, -0.2) is 19.3 Å². The first-order valence-electron chi connectivity index (χ1n) is 7.56. The fourth-order valence-corrected chi connectivity index (χ4v) is 4.16. The van der Waals surface area contributed by atoms with Crippen LogP contribution in [0.1, 0.15) is 61.9 Å². The predicted octanol–water partition coefficient (Wildman–Crippen LogP) is 4.45. The molecule has 1 aliphatic rings. The summed E-state index contributed by atoms with van der Waals surface area (Å²) in [5.41, 5.74) is 1.42. The van der Waals surface area contributed by atoms with Crippen LogP contribution in [-0.2, 0) is 4.74 Å². The lowest BCUT2D eigenvalue weighted by Crippen LogP contribution is -2.45. The number of thiophene rings is 1. The van der Waals surface area contributed by atoms with Crippen LogP contribution in [0.25, 0.3) is 0 Å². The van der Waals surface area contributed by atoms with Crippen LogP contribution in [0.3, 0.4) is 0 Å². The molecular weight excluding hydrogens is 254 g/mol. The Morgan fingerprint density at radius 1 is 1.32 bits per heavy atom. The van der Waals surface area contributed by atoms with Crippen LogP contribution in [0.4, 0.5) is 0 Å². The molecular formula is C16H27NOS. The van der Waals surface area contributed by atoms with Gasteiger partial charge in [-0.3, -0.25) is 0 Å². The molecule has 1 aromatic rings. The number of aryl methyl sites for hydroxylation is 1. The summed E-state index contributed by atoms with van der Waals surface area (Å²) in [6, 6.07) is 2.62. The smallest absolute Gasteiger partial charge is 0.0872 e. The molecule has 19 heavy (non-hydrogen) atoms. The quantitative estimate of drug-likeness (QED) is 0.805. The molecule has 0 radical (unpaired) electrons. The van der Waals surface area contributed by atoms with E-state index in [2.05, 4.69) is 30.6 Å². The van der Waals surface area contributed by atoms with Gasteiger partial charge in [0, 0.05) is 12.0 Å². The van der Waals surface area contributed by atoms with Crippen LogP contribution in [0.5, 0.6) is 0 Å². The topological polar surface area (TPSA) is 21.3 Å². The zero-order valence-corrected chi connectivity index (χ0v) is 13.3. The Bertz CT molecular complexity index is 380. The molecule has 1 fully saturated rings. The van der Waals surface area contributed by atoms with Crippen molar-refractivity contribution < 1.29 is 4.74 Å². The molecule has 0 spiro atoms. The van der Waals surface area contributed by atoms with E-state index in [1.165, 1.54) is 49.0 Å². The van der Waals surface area contributed by atoms with Gasteiger partial charge in [0.15, 0.2) is 0 Å². The fraction of sp³-hybridized carbons (Fsp3) is 0.750. The van der Waals surface area contributed by atoms with Crippen molar-refractivity contribution >= 4 is 11.3 Å². The van der Waals surface area contributed by atoms with Crippen molar-refractivity contribution in [3.8, 4) is 0 Å². The van der Waals surface area contributed by atoms with Crippen LogP contribution >= 0.6 is 11.3 Å². The van der Waals surface area contributed by atoms with Gasteiger partial charge in [-0.15, -0.1) is 11.3 Å². The number of hydrogen-bond acceptors (Lipinski definition) is 3. The Labute approximate surface area is 121 Å². The maximum absolute atomic E-state index is 6.09. The van der Waals surface area contributed by atoms with Crippen molar-refractivity contribution in [2.75, 3.05) is 13.7 Å². The third kappa shape index (κ3) is 3.21. The number of methoxy groups -OCH3 is 1. The Morgan fingerprint density at radius 3 is 2.47 bits per heavy atom. The minimum absolute atomic E-state index is 0.0155. The largest absolute Gasteiger partial charge is 0.376 e. The van der Waals surface area contributed by atoms with E-state index < -0.39 is 0 Å². The molecule has 0 bridgehead atoms. The number of hydrogen-bond donors (Lipinski definition) is 1.